The molecule has 0 aliphatic carbocycles. The Bertz CT molecular complexity index is 493. The van der Waals surface area contributed by atoms with Crippen LogP contribution >= 0.6 is 11.8 Å². The van der Waals surface area contributed by atoms with E-state index in [1.165, 1.54) is 12.8 Å². The van der Waals surface area contributed by atoms with E-state index >= 15 is 0 Å². The summed E-state index contributed by atoms with van der Waals surface area (Å²) in [6, 6.07) is 6.21. The monoisotopic (exact) mass is 306 g/mol. The third-order valence-corrected chi connectivity index (χ3v) is 4.85. The third kappa shape index (κ3) is 3.92. The number of hydrogen-bond donors (Lipinski definition) is 2. The molecule has 0 unspecified atom stereocenters. The van der Waals surface area contributed by atoms with Gasteiger partial charge in [-0.2, -0.15) is 0 Å². The summed E-state index contributed by atoms with van der Waals surface area (Å²) in [4.78, 5) is 5.76. The Labute approximate surface area is 132 Å². The second-order valence-corrected chi connectivity index (χ2v) is 6.81. The third-order valence-electron chi connectivity index (χ3n) is 4.07. The Morgan fingerprint density at radius 2 is 2.05 bits per heavy atom. The number of nitrogens with zero attached hydrogens (tertiary/aromatic N) is 2. The molecular weight excluding hydrogens is 280 g/mol. The predicted octanol–water partition coefficient (Wildman–Crippen LogP) is 2.47. The minimum atomic E-state index is 0.172. The lowest BCUT2D eigenvalue weighted by Crippen LogP contribution is -2.38. The Balaban J connectivity index is 2.15. The Kier molecular flexibility index (Phi) is 5.53. The van der Waals surface area contributed by atoms with Gasteiger partial charge in [0.05, 0.1) is 5.56 Å². The van der Waals surface area contributed by atoms with Crippen molar-refractivity contribution in [1.82, 2.24) is 4.90 Å². The van der Waals surface area contributed by atoms with Gasteiger partial charge in [-0.15, -0.1) is 11.8 Å². The van der Waals surface area contributed by atoms with E-state index in [1.807, 2.05) is 12.3 Å². The highest BCUT2D eigenvalue weighted by atomic mass is 32.2. The van der Waals surface area contributed by atoms with Gasteiger partial charge in [-0.3, -0.25) is 5.41 Å². The van der Waals surface area contributed by atoms with Gasteiger partial charge in [0, 0.05) is 30.2 Å². The van der Waals surface area contributed by atoms with E-state index in [0.717, 1.165) is 41.7 Å². The van der Waals surface area contributed by atoms with E-state index < -0.39 is 0 Å². The molecule has 116 valence electrons. The topological polar surface area (TPSA) is 56.4 Å². The number of rotatable bonds is 5. The zero-order valence-corrected chi connectivity index (χ0v) is 14.0. The fraction of sp³-hybridized carbons (Fsp3) is 0.562. The number of nitrogens with two attached hydrogens (primary N) is 1. The Hall–Kier alpha value is -1.20. The lowest BCUT2D eigenvalue weighted by molar-refractivity contribution is 0.285. The van der Waals surface area contributed by atoms with E-state index in [2.05, 4.69) is 36.0 Å². The second-order valence-electron chi connectivity index (χ2n) is 5.96. The van der Waals surface area contributed by atoms with Crippen molar-refractivity contribution in [3.05, 3.63) is 23.8 Å². The molecule has 1 aromatic rings. The number of piperidine rings is 1. The molecule has 0 saturated carbocycles. The van der Waals surface area contributed by atoms with Gasteiger partial charge in [-0.25, -0.2) is 0 Å². The number of nitrogen functional groups attached to an aromatic ring is 1. The molecule has 0 spiro atoms. The van der Waals surface area contributed by atoms with Gasteiger partial charge in [0.15, 0.2) is 0 Å². The molecule has 1 aliphatic heterocycles. The summed E-state index contributed by atoms with van der Waals surface area (Å²) < 4.78 is 0. The molecular formula is C16H26N4S. The highest BCUT2D eigenvalue weighted by molar-refractivity contribution is 7.98. The lowest BCUT2D eigenvalue weighted by atomic mass is 9.95. The predicted molar refractivity (Wildman–Crippen MR) is 92.7 cm³/mol. The van der Waals surface area contributed by atoms with Gasteiger partial charge in [0.2, 0.25) is 0 Å². The van der Waals surface area contributed by atoms with Crippen LogP contribution in [0.4, 0.5) is 5.69 Å². The van der Waals surface area contributed by atoms with E-state index in [-0.39, 0.29) is 5.84 Å². The normalized spacial score (nSPS) is 16.5. The maximum Gasteiger partial charge on any atom is 0.126 e. The van der Waals surface area contributed by atoms with Gasteiger partial charge in [0.1, 0.15) is 5.84 Å². The first-order chi connectivity index (χ1) is 10.0. The van der Waals surface area contributed by atoms with Gasteiger partial charge < -0.3 is 15.5 Å². The number of benzene rings is 1. The van der Waals surface area contributed by atoms with Crippen molar-refractivity contribution in [2.75, 3.05) is 44.9 Å². The van der Waals surface area contributed by atoms with Crippen molar-refractivity contribution in [1.29, 1.82) is 5.41 Å². The van der Waals surface area contributed by atoms with Gasteiger partial charge in [0.25, 0.3) is 0 Å². The average Bonchev–Trinajstić information content (AvgIpc) is 2.46. The minimum Gasteiger partial charge on any atom is -0.384 e. The standard InChI is InChI=1S/C16H26N4S/c1-19(2)11-12-7-9-20(10-8-12)13-5-4-6-14(21-3)15(13)16(17)18/h4-6,12H,7-11H2,1-3H3,(H3,17,18). The Morgan fingerprint density at radius 3 is 2.57 bits per heavy atom. The highest BCUT2D eigenvalue weighted by Crippen LogP contribution is 2.32. The molecule has 1 fully saturated rings. The molecule has 0 amide bonds. The number of anilines is 1. The smallest absolute Gasteiger partial charge is 0.126 e. The number of nitrogens with one attached hydrogen (secondary N) is 1. The molecule has 21 heavy (non-hydrogen) atoms. The molecule has 2 rings (SSSR count). The molecule has 0 aromatic heterocycles. The van der Waals surface area contributed by atoms with Crippen molar-refractivity contribution in [3.8, 4) is 0 Å². The fourth-order valence-corrected chi connectivity index (χ4v) is 3.73. The van der Waals surface area contributed by atoms with Crippen molar-refractivity contribution in [2.24, 2.45) is 11.7 Å². The van der Waals surface area contributed by atoms with Crippen LogP contribution in [0, 0.1) is 11.3 Å². The summed E-state index contributed by atoms with van der Waals surface area (Å²) in [7, 11) is 4.28. The zero-order valence-electron chi connectivity index (χ0n) is 13.2. The van der Waals surface area contributed by atoms with Crippen LogP contribution in [0.5, 0.6) is 0 Å². The van der Waals surface area contributed by atoms with E-state index in [1.54, 1.807) is 11.8 Å². The first-order valence-corrected chi connectivity index (χ1v) is 8.66. The van der Waals surface area contributed by atoms with Gasteiger partial charge >= 0.3 is 0 Å². The quantitative estimate of drug-likeness (QED) is 0.498. The molecule has 5 heteroatoms. The summed E-state index contributed by atoms with van der Waals surface area (Å²) in [6.45, 7) is 3.27. The van der Waals surface area contributed by atoms with E-state index in [4.69, 9.17) is 11.1 Å². The molecule has 0 radical (unpaired) electrons. The van der Waals surface area contributed by atoms with Crippen LogP contribution in [-0.4, -0.2) is 50.7 Å². The van der Waals surface area contributed by atoms with Crippen molar-refractivity contribution >= 4 is 23.3 Å². The molecule has 4 nitrogen and oxygen atoms in total. The summed E-state index contributed by atoms with van der Waals surface area (Å²) in [6.07, 6.45) is 4.45. The SMILES string of the molecule is CSc1cccc(N2CCC(CN(C)C)CC2)c1C(=N)N. The summed E-state index contributed by atoms with van der Waals surface area (Å²) >= 11 is 1.66. The van der Waals surface area contributed by atoms with Crippen molar-refractivity contribution < 1.29 is 0 Å². The molecule has 1 saturated heterocycles. The summed E-state index contributed by atoms with van der Waals surface area (Å²) in [5.41, 5.74) is 7.85. The van der Waals surface area contributed by atoms with Crippen molar-refractivity contribution in [2.45, 2.75) is 17.7 Å². The maximum atomic E-state index is 7.90. The summed E-state index contributed by atoms with van der Waals surface area (Å²) in [5.74, 6) is 0.950. The molecule has 1 aromatic carbocycles. The van der Waals surface area contributed by atoms with Crippen LogP contribution in [0.15, 0.2) is 23.1 Å². The first kappa shape index (κ1) is 16.2. The van der Waals surface area contributed by atoms with E-state index in [9.17, 15) is 0 Å². The van der Waals surface area contributed by atoms with E-state index in [0.29, 0.717) is 0 Å². The molecule has 1 aliphatic rings. The number of hydrogen-bond acceptors (Lipinski definition) is 4. The average molecular weight is 306 g/mol. The fourth-order valence-electron chi connectivity index (χ4n) is 3.10. The molecule has 3 N–H and O–H groups in total. The van der Waals surface area contributed by atoms with Crippen LogP contribution in [0.2, 0.25) is 0 Å². The van der Waals surface area contributed by atoms with Gasteiger partial charge in [-0.05, 0) is 51.2 Å². The van der Waals surface area contributed by atoms with Crippen LogP contribution in [0.1, 0.15) is 18.4 Å². The van der Waals surface area contributed by atoms with Crippen LogP contribution in [0.3, 0.4) is 0 Å². The number of thioether (sulfide) groups is 1. The lowest BCUT2D eigenvalue weighted by Gasteiger charge is -2.36. The second kappa shape index (κ2) is 7.18. The zero-order chi connectivity index (χ0) is 15.4. The van der Waals surface area contributed by atoms with Crippen LogP contribution < -0.4 is 10.6 Å². The van der Waals surface area contributed by atoms with Crippen LogP contribution in [-0.2, 0) is 0 Å². The van der Waals surface area contributed by atoms with Crippen molar-refractivity contribution in [3.63, 3.8) is 0 Å². The summed E-state index contributed by atoms with van der Waals surface area (Å²) in [5, 5.41) is 7.90. The molecule has 0 bridgehead atoms. The largest absolute Gasteiger partial charge is 0.384 e. The molecule has 1 heterocycles. The Morgan fingerprint density at radius 1 is 1.38 bits per heavy atom. The molecule has 0 atom stereocenters. The minimum absolute atomic E-state index is 0.172. The van der Waals surface area contributed by atoms with Gasteiger partial charge in [-0.1, -0.05) is 6.07 Å². The maximum absolute atomic E-state index is 7.90. The highest BCUT2D eigenvalue weighted by Gasteiger charge is 2.23. The first-order valence-electron chi connectivity index (χ1n) is 7.44. The number of amidine groups is 1. The van der Waals surface area contributed by atoms with Crippen LogP contribution in [0.25, 0.3) is 0 Å².